The van der Waals surface area contributed by atoms with Gasteiger partial charge in [-0.25, -0.2) is 0 Å². The maximum atomic E-state index is 12.5. The van der Waals surface area contributed by atoms with Crippen LogP contribution in [0, 0.1) is 17.8 Å². The Hall–Kier alpha value is -3.44. The van der Waals surface area contributed by atoms with E-state index in [1.165, 1.54) is 13.0 Å². The third kappa shape index (κ3) is 20.0. The summed E-state index contributed by atoms with van der Waals surface area (Å²) in [5, 5.41) is 118. The van der Waals surface area contributed by atoms with E-state index in [0.29, 0.717) is 0 Å². The fourth-order valence-corrected chi connectivity index (χ4v) is 7.84. The number of allylic oxidation sites excluding steroid dienone is 11. The molecule has 0 aromatic heterocycles. The van der Waals surface area contributed by atoms with Gasteiger partial charge in [-0.3, -0.25) is 9.59 Å². The Balaban J connectivity index is 2.03. The van der Waals surface area contributed by atoms with Gasteiger partial charge in [-0.2, -0.15) is 0 Å². The van der Waals surface area contributed by atoms with E-state index in [1.54, 1.807) is 62.5 Å². The maximum absolute atomic E-state index is 12.5. The van der Waals surface area contributed by atoms with E-state index in [9.17, 15) is 65.8 Å². The third-order valence-electron chi connectivity index (χ3n) is 11.9. The first-order valence-electron chi connectivity index (χ1n) is 22.6. The summed E-state index contributed by atoms with van der Waals surface area (Å²) in [6.45, 7) is 12.2. The van der Waals surface area contributed by atoms with Gasteiger partial charge in [0.1, 0.15) is 18.1 Å². The van der Waals surface area contributed by atoms with Crippen LogP contribution in [0.25, 0.3) is 0 Å². The summed E-state index contributed by atoms with van der Waals surface area (Å²) in [6, 6.07) is -1.14. The van der Waals surface area contributed by atoms with E-state index in [1.807, 2.05) is 38.2 Å². The Morgan fingerprint density at radius 2 is 1.45 bits per heavy atom. The lowest BCUT2D eigenvalue weighted by Gasteiger charge is -2.45. The lowest BCUT2D eigenvalue weighted by Crippen LogP contribution is -2.61. The number of aliphatic hydroxyl groups excluding tert-OH is 9. The van der Waals surface area contributed by atoms with Crippen LogP contribution in [0.2, 0.25) is 0 Å². The maximum Gasteiger partial charge on any atom is 0.311 e. The first-order chi connectivity index (χ1) is 31.0. The van der Waals surface area contributed by atoms with E-state index < -0.39 is 147 Å². The van der Waals surface area contributed by atoms with Crippen molar-refractivity contribution < 1.29 is 84.7 Å². The summed E-state index contributed by atoms with van der Waals surface area (Å²) >= 11 is 0. The zero-order chi connectivity index (χ0) is 49.7. The van der Waals surface area contributed by atoms with Gasteiger partial charge in [0.15, 0.2) is 12.1 Å². The van der Waals surface area contributed by atoms with Crippen molar-refractivity contribution in [2.45, 2.75) is 183 Å². The molecule has 18 nitrogen and oxygen atoms in total. The number of rotatable bonds is 28. The number of ether oxygens (including phenoxy) is 4. The standard InChI is InChI=1S/C48H77NO17/c1-7-9-11-12-13-14-15-17-19-35(65-47-45(59)42(49)44(58)31(6)64-47)25-39-41(46(60)61)38(55)27-48(62,66-39)26-34(52)23-37(54)36(53)21-20-32(50)22-33(51)24-40(56)63-30(5)29(4)43(57)28(3)18-16-10-8-2/h7-19,28-39,41-45,47,50-55,57-59,62H,1,20-27,49H2,2-6H3,(H,60,61)/b10-8+,11-9+,13-12+,15-14+,18-16+,19-17+/t28-,29-,30-,31+,32+,33+,34-,35-,36+,37+,38-,39-,41+,42-,43+,44+,45+,47-,48+/m0/s1. The van der Waals surface area contributed by atoms with Crippen molar-refractivity contribution in [1.29, 1.82) is 0 Å². The minimum absolute atomic E-state index is 0.109. The summed E-state index contributed by atoms with van der Waals surface area (Å²) in [7, 11) is 0. The molecule has 2 fully saturated rings. The quantitative estimate of drug-likeness (QED) is 0.0389. The van der Waals surface area contributed by atoms with E-state index in [-0.39, 0.29) is 31.6 Å². The molecule has 0 aromatic rings. The fourth-order valence-electron chi connectivity index (χ4n) is 7.84. The second kappa shape index (κ2) is 29.4. The Bertz CT molecular complexity index is 1640. The Morgan fingerprint density at radius 3 is 2.08 bits per heavy atom. The number of carbonyl (C=O) groups excluding carboxylic acids is 1. The Kier molecular flexibility index (Phi) is 26.2. The molecule has 0 saturated carbocycles. The number of aliphatic hydroxyl groups is 10. The molecule has 2 saturated heterocycles. The number of carbonyl (C=O) groups is 2. The van der Waals surface area contributed by atoms with E-state index in [2.05, 4.69) is 6.58 Å². The molecule has 0 bridgehead atoms. The van der Waals surface area contributed by atoms with E-state index in [0.717, 1.165) is 0 Å². The fraction of sp³-hybridized carbons (Fsp3) is 0.667. The highest BCUT2D eigenvalue weighted by atomic mass is 16.7. The smallest absolute Gasteiger partial charge is 0.311 e. The van der Waals surface area contributed by atoms with Crippen molar-refractivity contribution in [2.75, 3.05) is 0 Å². The lowest BCUT2D eigenvalue weighted by atomic mass is 9.82. The zero-order valence-corrected chi connectivity index (χ0v) is 38.7. The number of carboxylic acid groups (broad SMARTS) is 1. The summed E-state index contributed by atoms with van der Waals surface area (Å²) < 4.78 is 23.0. The van der Waals surface area contributed by atoms with Crippen LogP contribution >= 0.6 is 0 Å². The second-order valence-corrected chi connectivity index (χ2v) is 17.6. The third-order valence-corrected chi connectivity index (χ3v) is 11.9. The van der Waals surface area contributed by atoms with Gasteiger partial charge < -0.3 is 80.9 Å². The molecule has 19 atom stereocenters. The summed E-state index contributed by atoms with van der Waals surface area (Å²) in [6.07, 6.45) is 1.49. The van der Waals surface area contributed by atoms with Gasteiger partial charge in [0.2, 0.25) is 0 Å². The number of aliphatic carboxylic acids is 1. The predicted molar refractivity (Wildman–Crippen MR) is 244 cm³/mol. The molecule has 2 aliphatic rings. The Labute approximate surface area is 388 Å². The van der Waals surface area contributed by atoms with Crippen molar-refractivity contribution in [3.05, 3.63) is 85.6 Å². The van der Waals surface area contributed by atoms with Crippen molar-refractivity contribution in [2.24, 2.45) is 23.5 Å². The highest BCUT2D eigenvalue weighted by molar-refractivity contribution is 5.71. The first kappa shape index (κ1) is 58.7. The number of hydrogen-bond acceptors (Lipinski definition) is 17. The van der Waals surface area contributed by atoms with Gasteiger partial charge in [0.25, 0.3) is 0 Å². The molecule has 376 valence electrons. The molecule has 18 heteroatoms. The molecule has 0 radical (unpaired) electrons. The minimum Gasteiger partial charge on any atom is -0.481 e. The summed E-state index contributed by atoms with van der Waals surface area (Å²) in [5.74, 6) is -6.73. The average molecular weight is 940 g/mol. The molecule has 0 unspecified atom stereocenters. The molecular formula is C48H77NO17. The molecule has 0 spiro atoms. The molecule has 2 rings (SSSR count). The Morgan fingerprint density at radius 1 is 0.833 bits per heavy atom. The number of nitrogens with two attached hydrogens (primary N) is 1. The molecule has 13 N–H and O–H groups in total. The first-order valence-corrected chi connectivity index (χ1v) is 22.6. The zero-order valence-electron chi connectivity index (χ0n) is 38.7. The van der Waals surface area contributed by atoms with Gasteiger partial charge in [-0.15, -0.1) is 0 Å². The SMILES string of the molecule is C=C/C=C/C=C/C=C/C=C/[C@@H](C[C@@H]1O[C@](O)(C[C@@H](O)C[C@@H](O)[C@H](O)CC[C@@H](O)C[C@@H](O)CC(=O)O[C@@H](C)[C@H](C)[C@H](O)[C@@H](C)/C=C/C=C/C)C[C@H](O)[C@H]1C(=O)O)O[C@@H]1O[C@H](C)[C@@H](O)[C@H](N)[C@H]1O. The van der Waals surface area contributed by atoms with Crippen molar-refractivity contribution in [1.82, 2.24) is 0 Å². The van der Waals surface area contributed by atoms with Gasteiger partial charge in [-0.1, -0.05) is 99.4 Å². The van der Waals surface area contributed by atoms with Gasteiger partial charge in [0, 0.05) is 37.5 Å². The van der Waals surface area contributed by atoms with E-state index in [4.69, 9.17) is 24.7 Å². The topological polar surface area (TPSA) is 320 Å². The normalized spacial score (nSPS) is 31.3. The van der Waals surface area contributed by atoms with Crippen LogP contribution in [-0.2, 0) is 28.5 Å². The molecule has 66 heavy (non-hydrogen) atoms. The molecule has 2 aliphatic heterocycles. The van der Waals surface area contributed by atoms with Crippen LogP contribution < -0.4 is 5.73 Å². The summed E-state index contributed by atoms with van der Waals surface area (Å²) in [5.41, 5.74) is 5.99. The van der Waals surface area contributed by atoms with E-state index >= 15 is 0 Å². The van der Waals surface area contributed by atoms with Crippen molar-refractivity contribution in [3.63, 3.8) is 0 Å². The highest BCUT2D eigenvalue weighted by Crippen LogP contribution is 2.38. The number of esters is 1. The second-order valence-electron chi connectivity index (χ2n) is 17.6. The van der Waals surface area contributed by atoms with Crippen molar-refractivity contribution in [3.8, 4) is 0 Å². The molecule has 0 aliphatic carbocycles. The van der Waals surface area contributed by atoms with Crippen LogP contribution in [0.3, 0.4) is 0 Å². The average Bonchev–Trinajstić information content (AvgIpc) is 3.23. The van der Waals surface area contributed by atoms with Crippen LogP contribution in [0.4, 0.5) is 0 Å². The molecule has 2 heterocycles. The van der Waals surface area contributed by atoms with Crippen molar-refractivity contribution >= 4 is 11.9 Å². The monoisotopic (exact) mass is 940 g/mol. The lowest BCUT2D eigenvalue weighted by molar-refractivity contribution is -0.308. The van der Waals surface area contributed by atoms with Gasteiger partial charge >= 0.3 is 11.9 Å². The predicted octanol–water partition coefficient (Wildman–Crippen LogP) is 1.35. The minimum atomic E-state index is -2.33. The van der Waals surface area contributed by atoms with Crippen LogP contribution in [-0.4, -0.2) is 166 Å². The molecule has 0 amide bonds. The molecule has 0 aromatic carbocycles. The molecular weight excluding hydrogens is 863 g/mol. The van der Waals surface area contributed by atoms with Gasteiger partial charge in [0.05, 0.1) is 79.6 Å². The number of hydrogen-bond donors (Lipinski definition) is 12. The van der Waals surface area contributed by atoms with Gasteiger partial charge in [-0.05, 0) is 40.0 Å². The summed E-state index contributed by atoms with van der Waals surface area (Å²) in [4.78, 5) is 25.0. The van der Waals surface area contributed by atoms with Crippen LogP contribution in [0.5, 0.6) is 0 Å². The highest BCUT2D eigenvalue weighted by Gasteiger charge is 2.51. The number of carboxylic acids is 1. The van der Waals surface area contributed by atoms with Crippen LogP contribution in [0.1, 0.15) is 86.0 Å². The van der Waals surface area contributed by atoms with Crippen LogP contribution in [0.15, 0.2) is 85.6 Å². The largest absolute Gasteiger partial charge is 0.481 e.